The maximum Gasteiger partial charge on any atom is 0.0319 e. The van der Waals surface area contributed by atoms with Crippen LogP contribution in [0.2, 0.25) is 0 Å². The van der Waals surface area contributed by atoms with E-state index < -0.39 is 0 Å². The molecule has 0 aliphatic carbocycles. The quantitative estimate of drug-likeness (QED) is 0.880. The Labute approximate surface area is 111 Å². The third-order valence-corrected chi connectivity index (χ3v) is 3.65. The highest BCUT2D eigenvalue weighted by atomic mass is 35.5. The highest BCUT2D eigenvalue weighted by molar-refractivity contribution is 5.85. The molecule has 17 heavy (non-hydrogen) atoms. The van der Waals surface area contributed by atoms with Crippen molar-refractivity contribution in [2.75, 3.05) is 13.1 Å². The zero-order chi connectivity index (χ0) is 11.5. The van der Waals surface area contributed by atoms with Gasteiger partial charge < -0.3 is 5.73 Å². The van der Waals surface area contributed by atoms with Gasteiger partial charge in [0.1, 0.15) is 0 Å². The summed E-state index contributed by atoms with van der Waals surface area (Å²) in [5, 5.41) is 0. The molecule has 1 atom stereocenters. The van der Waals surface area contributed by atoms with Gasteiger partial charge in [0.2, 0.25) is 0 Å². The second-order valence-corrected chi connectivity index (χ2v) is 4.96. The molecule has 0 spiro atoms. The topological polar surface area (TPSA) is 29.3 Å². The molecule has 2 nitrogen and oxygen atoms in total. The van der Waals surface area contributed by atoms with Crippen LogP contribution >= 0.6 is 12.4 Å². The molecule has 0 saturated carbocycles. The SMILES string of the molecule is Cc1cccc(C(C)N2CCC(N)CC2)c1.Cl. The molecule has 1 heterocycles. The second-order valence-electron chi connectivity index (χ2n) is 4.96. The zero-order valence-corrected chi connectivity index (χ0v) is 11.5. The van der Waals surface area contributed by atoms with Gasteiger partial charge in [-0.2, -0.15) is 0 Å². The van der Waals surface area contributed by atoms with E-state index in [4.69, 9.17) is 5.73 Å². The highest BCUT2D eigenvalue weighted by Crippen LogP contribution is 2.24. The van der Waals surface area contributed by atoms with Crippen LogP contribution in [-0.4, -0.2) is 24.0 Å². The summed E-state index contributed by atoms with van der Waals surface area (Å²) in [5.41, 5.74) is 8.71. The van der Waals surface area contributed by atoms with Crippen LogP contribution in [0.3, 0.4) is 0 Å². The Bertz CT molecular complexity index is 346. The number of hydrogen-bond acceptors (Lipinski definition) is 2. The third-order valence-electron chi connectivity index (χ3n) is 3.65. The first kappa shape index (κ1) is 14.5. The van der Waals surface area contributed by atoms with Gasteiger partial charge in [-0.1, -0.05) is 29.8 Å². The second kappa shape index (κ2) is 6.39. The van der Waals surface area contributed by atoms with Gasteiger partial charge in [-0.15, -0.1) is 12.4 Å². The third kappa shape index (κ3) is 3.70. The Kier molecular flexibility index (Phi) is 5.44. The minimum absolute atomic E-state index is 0. The molecule has 1 saturated heterocycles. The van der Waals surface area contributed by atoms with Crippen molar-refractivity contribution in [2.24, 2.45) is 5.73 Å². The molecule has 1 unspecified atom stereocenters. The van der Waals surface area contributed by atoms with E-state index >= 15 is 0 Å². The average molecular weight is 255 g/mol. The van der Waals surface area contributed by atoms with Crippen molar-refractivity contribution in [3.8, 4) is 0 Å². The molecule has 2 rings (SSSR count). The molecule has 1 aromatic carbocycles. The summed E-state index contributed by atoms with van der Waals surface area (Å²) in [4.78, 5) is 2.54. The van der Waals surface area contributed by atoms with E-state index in [0.29, 0.717) is 12.1 Å². The molecule has 1 fully saturated rings. The highest BCUT2D eigenvalue weighted by Gasteiger charge is 2.21. The van der Waals surface area contributed by atoms with Crippen LogP contribution in [0.15, 0.2) is 24.3 Å². The van der Waals surface area contributed by atoms with E-state index in [1.807, 2.05) is 0 Å². The van der Waals surface area contributed by atoms with Gasteiger partial charge in [-0.25, -0.2) is 0 Å². The monoisotopic (exact) mass is 254 g/mol. The number of nitrogens with two attached hydrogens (primary N) is 1. The summed E-state index contributed by atoms with van der Waals surface area (Å²) >= 11 is 0. The van der Waals surface area contributed by atoms with Crippen LogP contribution in [0.5, 0.6) is 0 Å². The first-order valence-electron chi connectivity index (χ1n) is 6.23. The van der Waals surface area contributed by atoms with Gasteiger partial charge in [-0.3, -0.25) is 4.90 Å². The molecular formula is C14H23ClN2. The van der Waals surface area contributed by atoms with Crippen molar-refractivity contribution >= 4 is 12.4 Å². The summed E-state index contributed by atoms with van der Waals surface area (Å²) in [6.07, 6.45) is 2.27. The van der Waals surface area contributed by atoms with Crippen LogP contribution in [0.4, 0.5) is 0 Å². The first-order chi connectivity index (χ1) is 7.66. The van der Waals surface area contributed by atoms with Crippen LogP contribution < -0.4 is 5.73 Å². The molecule has 0 aromatic heterocycles. The number of piperidine rings is 1. The van der Waals surface area contributed by atoms with Crippen molar-refractivity contribution in [2.45, 2.75) is 38.8 Å². The van der Waals surface area contributed by atoms with E-state index in [-0.39, 0.29) is 12.4 Å². The predicted molar refractivity (Wildman–Crippen MR) is 75.6 cm³/mol. The fourth-order valence-electron chi connectivity index (χ4n) is 2.45. The number of rotatable bonds is 2. The van der Waals surface area contributed by atoms with E-state index in [1.54, 1.807) is 0 Å². The molecule has 1 aliphatic rings. The van der Waals surface area contributed by atoms with E-state index in [9.17, 15) is 0 Å². The zero-order valence-electron chi connectivity index (χ0n) is 10.7. The van der Waals surface area contributed by atoms with Gasteiger partial charge >= 0.3 is 0 Å². The number of hydrogen-bond donors (Lipinski definition) is 1. The van der Waals surface area contributed by atoms with Gasteiger partial charge in [0, 0.05) is 25.2 Å². The Morgan fingerprint density at radius 3 is 2.53 bits per heavy atom. The molecular weight excluding hydrogens is 232 g/mol. The molecule has 0 amide bonds. The number of likely N-dealkylation sites (tertiary alicyclic amines) is 1. The minimum Gasteiger partial charge on any atom is -0.328 e. The predicted octanol–water partition coefficient (Wildman–Crippen LogP) is 2.90. The Balaban J connectivity index is 0.00000144. The van der Waals surface area contributed by atoms with E-state index in [2.05, 4.69) is 43.0 Å². The Morgan fingerprint density at radius 1 is 1.29 bits per heavy atom. The number of nitrogens with zero attached hydrogens (tertiary/aromatic N) is 1. The van der Waals surface area contributed by atoms with Crippen LogP contribution in [-0.2, 0) is 0 Å². The minimum atomic E-state index is 0. The van der Waals surface area contributed by atoms with Crippen LogP contribution in [0.25, 0.3) is 0 Å². The maximum atomic E-state index is 5.93. The van der Waals surface area contributed by atoms with Gasteiger partial charge in [0.15, 0.2) is 0 Å². The van der Waals surface area contributed by atoms with Crippen molar-refractivity contribution in [1.29, 1.82) is 0 Å². The maximum absolute atomic E-state index is 5.93. The Morgan fingerprint density at radius 2 is 1.94 bits per heavy atom. The van der Waals surface area contributed by atoms with Gasteiger partial charge in [0.05, 0.1) is 0 Å². The number of halogens is 1. The molecule has 0 radical (unpaired) electrons. The standard InChI is InChI=1S/C14H22N2.ClH/c1-11-4-3-5-13(10-11)12(2)16-8-6-14(15)7-9-16;/h3-5,10,12,14H,6-9,15H2,1-2H3;1H. The lowest BCUT2D eigenvalue weighted by molar-refractivity contribution is 0.163. The lowest BCUT2D eigenvalue weighted by Gasteiger charge is -2.35. The number of aryl methyl sites for hydroxylation is 1. The lowest BCUT2D eigenvalue weighted by Crippen LogP contribution is -2.40. The van der Waals surface area contributed by atoms with E-state index in [1.165, 1.54) is 11.1 Å². The normalized spacial score (nSPS) is 19.7. The van der Waals surface area contributed by atoms with Gasteiger partial charge in [0.25, 0.3) is 0 Å². The van der Waals surface area contributed by atoms with Crippen molar-refractivity contribution < 1.29 is 0 Å². The van der Waals surface area contributed by atoms with Gasteiger partial charge in [-0.05, 0) is 32.3 Å². The fourth-order valence-corrected chi connectivity index (χ4v) is 2.45. The molecule has 0 bridgehead atoms. The van der Waals surface area contributed by atoms with Crippen LogP contribution in [0, 0.1) is 6.92 Å². The molecule has 1 aliphatic heterocycles. The Hall–Kier alpha value is -0.570. The summed E-state index contributed by atoms with van der Waals surface area (Å²) in [6, 6.07) is 9.76. The largest absolute Gasteiger partial charge is 0.328 e. The van der Waals surface area contributed by atoms with Crippen molar-refractivity contribution in [3.05, 3.63) is 35.4 Å². The molecule has 3 heteroatoms. The van der Waals surface area contributed by atoms with E-state index in [0.717, 1.165) is 25.9 Å². The summed E-state index contributed by atoms with van der Waals surface area (Å²) in [7, 11) is 0. The summed E-state index contributed by atoms with van der Waals surface area (Å²) in [5.74, 6) is 0. The molecule has 96 valence electrons. The molecule has 1 aromatic rings. The average Bonchev–Trinajstić information content (AvgIpc) is 2.29. The first-order valence-corrected chi connectivity index (χ1v) is 6.23. The lowest BCUT2D eigenvalue weighted by atomic mass is 10.00. The summed E-state index contributed by atoms with van der Waals surface area (Å²) in [6.45, 7) is 6.72. The molecule has 2 N–H and O–H groups in total. The summed E-state index contributed by atoms with van der Waals surface area (Å²) < 4.78 is 0. The number of benzene rings is 1. The van der Waals surface area contributed by atoms with Crippen molar-refractivity contribution in [3.63, 3.8) is 0 Å². The van der Waals surface area contributed by atoms with Crippen molar-refractivity contribution in [1.82, 2.24) is 4.90 Å². The fraction of sp³-hybridized carbons (Fsp3) is 0.571. The van der Waals surface area contributed by atoms with Crippen LogP contribution in [0.1, 0.15) is 36.9 Å². The smallest absolute Gasteiger partial charge is 0.0319 e.